The molecule has 10 N–H and O–H groups in total. The number of nitrogens with two attached hydrogens (primary N) is 3. The molecule has 0 aliphatic heterocycles. The monoisotopic (exact) mass is 347 g/mol. The van der Waals surface area contributed by atoms with Crippen LogP contribution in [-0.4, -0.2) is 65.2 Å². The third-order valence-corrected chi connectivity index (χ3v) is 3.13. The number of carboxylic acid groups (broad SMARTS) is 1. The summed E-state index contributed by atoms with van der Waals surface area (Å²) in [6, 6.07) is -3.79. The number of carbonyl (C=O) groups is 4. The van der Waals surface area contributed by atoms with Crippen molar-refractivity contribution in [2.24, 2.45) is 17.2 Å². The van der Waals surface area contributed by atoms with E-state index in [1.165, 1.54) is 0 Å². The SMILES string of the molecule is NCCCCC(NC(=O)C(N)CO)C(=O)NC(CC(N)=O)C(=O)O. The minimum absolute atomic E-state index is 0.190. The largest absolute Gasteiger partial charge is 0.480 e. The van der Waals surface area contributed by atoms with Crippen molar-refractivity contribution in [2.45, 2.75) is 43.8 Å². The lowest BCUT2D eigenvalue weighted by atomic mass is 10.1. The average Bonchev–Trinajstić information content (AvgIpc) is 2.51. The van der Waals surface area contributed by atoms with Gasteiger partial charge in [-0.25, -0.2) is 4.79 Å². The summed E-state index contributed by atoms with van der Waals surface area (Å²) in [6.45, 7) is -0.222. The molecule has 0 aromatic heterocycles. The van der Waals surface area contributed by atoms with Gasteiger partial charge in [-0.05, 0) is 25.8 Å². The second kappa shape index (κ2) is 11.3. The maximum absolute atomic E-state index is 12.2. The lowest BCUT2D eigenvalue weighted by molar-refractivity contribution is -0.143. The Bertz CT molecular complexity index is 458. The normalized spacial score (nSPS) is 14.3. The third kappa shape index (κ3) is 8.41. The highest BCUT2D eigenvalue weighted by atomic mass is 16.4. The van der Waals surface area contributed by atoms with Crippen molar-refractivity contribution in [3.8, 4) is 0 Å². The Labute approximate surface area is 138 Å². The van der Waals surface area contributed by atoms with E-state index in [9.17, 15) is 19.2 Å². The molecule has 0 fully saturated rings. The van der Waals surface area contributed by atoms with Crippen LogP contribution in [0.2, 0.25) is 0 Å². The summed E-state index contributed by atoms with van der Waals surface area (Å²) < 4.78 is 0. The van der Waals surface area contributed by atoms with Crippen LogP contribution >= 0.6 is 0 Å². The van der Waals surface area contributed by atoms with Gasteiger partial charge in [0.25, 0.3) is 0 Å². The first-order valence-electron chi connectivity index (χ1n) is 7.41. The molecule has 0 radical (unpaired) electrons. The van der Waals surface area contributed by atoms with Crippen molar-refractivity contribution in [3.05, 3.63) is 0 Å². The fourth-order valence-corrected chi connectivity index (χ4v) is 1.80. The number of aliphatic carboxylic acids is 1. The zero-order valence-corrected chi connectivity index (χ0v) is 13.2. The van der Waals surface area contributed by atoms with Crippen molar-refractivity contribution in [2.75, 3.05) is 13.2 Å². The fourth-order valence-electron chi connectivity index (χ4n) is 1.80. The Morgan fingerprint density at radius 1 is 1.00 bits per heavy atom. The molecule has 3 unspecified atom stereocenters. The molecule has 24 heavy (non-hydrogen) atoms. The first kappa shape index (κ1) is 21.8. The first-order chi connectivity index (χ1) is 11.2. The van der Waals surface area contributed by atoms with E-state index in [4.69, 9.17) is 27.4 Å². The molecule has 0 bridgehead atoms. The van der Waals surface area contributed by atoms with Crippen molar-refractivity contribution in [1.82, 2.24) is 10.6 Å². The summed E-state index contributed by atoms with van der Waals surface area (Å²) in [5.74, 6) is -3.87. The number of hydrogen-bond acceptors (Lipinski definition) is 7. The molecule has 3 amide bonds. The molecule has 11 nitrogen and oxygen atoms in total. The van der Waals surface area contributed by atoms with Gasteiger partial charge in [-0.1, -0.05) is 0 Å². The molecule has 0 saturated carbocycles. The van der Waals surface area contributed by atoms with Crippen LogP contribution in [0.5, 0.6) is 0 Å². The Kier molecular flexibility index (Phi) is 10.3. The molecule has 3 atom stereocenters. The number of aliphatic hydroxyl groups excluding tert-OH is 1. The van der Waals surface area contributed by atoms with Crippen LogP contribution < -0.4 is 27.8 Å². The highest BCUT2D eigenvalue weighted by molar-refractivity contribution is 5.93. The van der Waals surface area contributed by atoms with E-state index in [0.717, 1.165) is 0 Å². The van der Waals surface area contributed by atoms with E-state index in [1.807, 2.05) is 0 Å². The summed E-state index contributed by atoms with van der Waals surface area (Å²) in [6.07, 6.45) is 0.697. The number of hydrogen-bond donors (Lipinski definition) is 7. The predicted octanol–water partition coefficient (Wildman–Crippen LogP) is -3.64. The highest BCUT2D eigenvalue weighted by Crippen LogP contribution is 2.03. The predicted molar refractivity (Wildman–Crippen MR) is 83.3 cm³/mol. The van der Waals surface area contributed by atoms with Gasteiger partial charge in [0.2, 0.25) is 17.7 Å². The van der Waals surface area contributed by atoms with Gasteiger partial charge >= 0.3 is 5.97 Å². The van der Waals surface area contributed by atoms with Gasteiger partial charge in [0.15, 0.2) is 0 Å². The number of carbonyl (C=O) groups excluding carboxylic acids is 3. The molecule has 0 aromatic rings. The molecular formula is C13H25N5O6. The summed E-state index contributed by atoms with van der Waals surface area (Å²) in [4.78, 5) is 45.8. The van der Waals surface area contributed by atoms with Crippen molar-refractivity contribution >= 4 is 23.7 Å². The minimum Gasteiger partial charge on any atom is -0.480 e. The lowest BCUT2D eigenvalue weighted by Gasteiger charge is -2.22. The smallest absolute Gasteiger partial charge is 0.326 e. The molecule has 11 heteroatoms. The zero-order valence-electron chi connectivity index (χ0n) is 13.2. The maximum Gasteiger partial charge on any atom is 0.326 e. The van der Waals surface area contributed by atoms with Crippen LogP contribution in [0.3, 0.4) is 0 Å². The molecule has 0 aliphatic carbocycles. The summed E-state index contributed by atoms with van der Waals surface area (Å²) in [5.41, 5.74) is 15.7. The Morgan fingerprint density at radius 2 is 1.58 bits per heavy atom. The van der Waals surface area contributed by atoms with E-state index in [-0.39, 0.29) is 6.42 Å². The van der Waals surface area contributed by atoms with E-state index in [0.29, 0.717) is 19.4 Å². The zero-order chi connectivity index (χ0) is 18.7. The summed E-state index contributed by atoms with van der Waals surface area (Å²) in [7, 11) is 0. The van der Waals surface area contributed by atoms with Gasteiger partial charge in [0, 0.05) is 0 Å². The molecule has 0 heterocycles. The Hall–Kier alpha value is -2.24. The number of carboxylic acids is 1. The number of aliphatic hydroxyl groups is 1. The molecule has 138 valence electrons. The van der Waals surface area contributed by atoms with Gasteiger partial charge in [-0.15, -0.1) is 0 Å². The molecule has 0 spiro atoms. The van der Waals surface area contributed by atoms with Crippen molar-refractivity contribution in [1.29, 1.82) is 0 Å². The van der Waals surface area contributed by atoms with Gasteiger partial charge < -0.3 is 38.0 Å². The molecular weight excluding hydrogens is 322 g/mol. The summed E-state index contributed by atoms with van der Waals surface area (Å²) in [5, 5.41) is 22.3. The van der Waals surface area contributed by atoms with Crippen LogP contribution in [0.25, 0.3) is 0 Å². The van der Waals surface area contributed by atoms with Crippen LogP contribution in [-0.2, 0) is 19.2 Å². The quantitative estimate of drug-likeness (QED) is 0.174. The third-order valence-electron chi connectivity index (χ3n) is 3.13. The van der Waals surface area contributed by atoms with Crippen LogP contribution in [0, 0.1) is 0 Å². The van der Waals surface area contributed by atoms with Crippen molar-refractivity contribution < 1.29 is 29.4 Å². The number of nitrogens with one attached hydrogen (secondary N) is 2. The van der Waals surface area contributed by atoms with E-state index in [2.05, 4.69) is 10.6 Å². The number of rotatable bonds is 12. The Morgan fingerprint density at radius 3 is 2.04 bits per heavy atom. The van der Waals surface area contributed by atoms with Gasteiger partial charge in [-0.3, -0.25) is 14.4 Å². The minimum atomic E-state index is -1.50. The molecule has 0 rings (SSSR count). The topological polar surface area (TPSA) is 211 Å². The standard InChI is InChI=1S/C13H25N5O6/c14-4-2-1-3-8(17-11(21)7(15)6-19)12(22)18-9(13(23)24)5-10(16)20/h7-9,19H,1-6,14-15H2,(H2,16,20)(H,17,21)(H,18,22)(H,23,24). The van der Waals surface area contributed by atoms with Gasteiger partial charge in [0.1, 0.15) is 18.1 Å². The van der Waals surface area contributed by atoms with Crippen LogP contribution in [0.4, 0.5) is 0 Å². The lowest BCUT2D eigenvalue weighted by Crippen LogP contribution is -2.55. The fraction of sp³-hybridized carbons (Fsp3) is 0.692. The van der Waals surface area contributed by atoms with E-state index in [1.54, 1.807) is 0 Å². The average molecular weight is 347 g/mol. The first-order valence-corrected chi connectivity index (χ1v) is 7.41. The van der Waals surface area contributed by atoms with Crippen molar-refractivity contribution in [3.63, 3.8) is 0 Å². The second-order valence-electron chi connectivity index (χ2n) is 5.20. The maximum atomic E-state index is 12.2. The highest BCUT2D eigenvalue weighted by Gasteiger charge is 2.28. The second-order valence-corrected chi connectivity index (χ2v) is 5.20. The van der Waals surface area contributed by atoms with Gasteiger partial charge in [0.05, 0.1) is 13.0 Å². The number of unbranched alkanes of at least 4 members (excludes halogenated alkanes) is 1. The van der Waals surface area contributed by atoms with Gasteiger partial charge in [-0.2, -0.15) is 0 Å². The summed E-state index contributed by atoms with van der Waals surface area (Å²) >= 11 is 0. The van der Waals surface area contributed by atoms with E-state index >= 15 is 0 Å². The number of primary amides is 1. The van der Waals surface area contributed by atoms with Crippen LogP contribution in [0.1, 0.15) is 25.7 Å². The molecule has 0 aliphatic rings. The molecule has 0 aromatic carbocycles. The van der Waals surface area contributed by atoms with E-state index < -0.39 is 54.8 Å². The van der Waals surface area contributed by atoms with Crippen LogP contribution in [0.15, 0.2) is 0 Å². The molecule has 0 saturated heterocycles. The Balaban J connectivity index is 4.95. The number of amides is 3.